The third kappa shape index (κ3) is 6.62. The van der Waals surface area contributed by atoms with Gasteiger partial charge >= 0.3 is 5.97 Å². The summed E-state index contributed by atoms with van der Waals surface area (Å²) in [7, 11) is 0. The summed E-state index contributed by atoms with van der Waals surface area (Å²) in [4.78, 5) is 34.9. The van der Waals surface area contributed by atoms with Crippen molar-refractivity contribution in [2.75, 3.05) is 24.2 Å². The zero-order valence-corrected chi connectivity index (χ0v) is 16.0. The highest BCUT2D eigenvalue weighted by atomic mass is 35.5. The van der Waals surface area contributed by atoms with Crippen molar-refractivity contribution in [3.63, 3.8) is 0 Å². The Bertz CT molecular complexity index is 782. The van der Waals surface area contributed by atoms with Crippen molar-refractivity contribution in [2.24, 2.45) is 0 Å². The maximum absolute atomic E-state index is 12.1. The maximum atomic E-state index is 12.1. The third-order valence-corrected chi connectivity index (χ3v) is 5.02. The van der Waals surface area contributed by atoms with Gasteiger partial charge in [0.05, 0.1) is 12.4 Å². The quantitative estimate of drug-likeness (QED) is 0.387. The van der Waals surface area contributed by atoms with Crippen molar-refractivity contribution in [2.45, 2.75) is 11.3 Å². The molecule has 26 heavy (non-hydrogen) atoms. The van der Waals surface area contributed by atoms with Crippen molar-refractivity contribution in [3.05, 3.63) is 34.9 Å². The molecular formula is C15H15ClN4O4S2. The maximum Gasteiger partial charge on any atom is 0.325 e. The van der Waals surface area contributed by atoms with Gasteiger partial charge in [-0.3, -0.25) is 19.7 Å². The molecule has 0 aliphatic carbocycles. The lowest BCUT2D eigenvalue weighted by Crippen LogP contribution is -2.31. The number of nitrogens with zero attached hydrogens (tertiary/aromatic N) is 2. The predicted molar refractivity (Wildman–Crippen MR) is 99.7 cm³/mol. The summed E-state index contributed by atoms with van der Waals surface area (Å²) in [5.74, 6) is -1.08. The largest absolute Gasteiger partial charge is 0.465 e. The number of rotatable bonds is 8. The minimum Gasteiger partial charge on any atom is -0.465 e. The normalized spacial score (nSPS) is 10.2. The number of amides is 2. The van der Waals surface area contributed by atoms with Crippen LogP contribution in [0.15, 0.2) is 28.6 Å². The Morgan fingerprint density at radius 1 is 1.23 bits per heavy atom. The van der Waals surface area contributed by atoms with Crippen LogP contribution in [0.4, 0.5) is 5.13 Å². The van der Waals surface area contributed by atoms with E-state index in [0.29, 0.717) is 20.1 Å². The highest BCUT2D eigenvalue weighted by Crippen LogP contribution is 2.25. The molecule has 0 saturated carbocycles. The Hall–Kier alpha value is -2.17. The zero-order valence-electron chi connectivity index (χ0n) is 13.7. The molecule has 2 aromatic rings. The second kappa shape index (κ2) is 10.1. The number of nitrogens with one attached hydrogen (secondary N) is 2. The van der Waals surface area contributed by atoms with Gasteiger partial charge < -0.3 is 10.1 Å². The molecule has 138 valence electrons. The number of benzene rings is 1. The molecule has 1 aromatic carbocycles. The van der Waals surface area contributed by atoms with E-state index in [0.717, 1.165) is 23.1 Å². The van der Waals surface area contributed by atoms with Gasteiger partial charge in [-0.05, 0) is 31.2 Å². The molecule has 8 nitrogen and oxygen atoms in total. The van der Waals surface area contributed by atoms with Crippen LogP contribution < -0.4 is 10.6 Å². The number of halogens is 1. The standard InChI is InChI=1S/C15H15ClN4O4S2/c1-2-24-12(22)7-17-11(21)8-25-15-20-19-14(26-15)18-13(23)9-3-5-10(16)6-4-9/h3-6H,2,7-8H2,1H3,(H,17,21)(H,18,19,23). The predicted octanol–water partition coefficient (Wildman–Crippen LogP) is 2.22. The van der Waals surface area contributed by atoms with Crippen molar-refractivity contribution in [3.8, 4) is 0 Å². The van der Waals surface area contributed by atoms with E-state index < -0.39 is 5.97 Å². The van der Waals surface area contributed by atoms with Gasteiger partial charge in [0.15, 0.2) is 4.34 Å². The summed E-state index contributed by atoms with van der Waals surface area (Å²) in [5.41, 5.74) is 0.442. The molecule has 0 radical (unpaired) electrons. The smallest absolute Gasteiger partial charge is 0.325 e. The second-order valence-corrected chi connectivity index (χ2v) is 7.34. The minimum atomic E-state index is -0.492. The topological polar surface area (TPSA) is 110 Å². The van der Waals surface area contributed by atoms with Gasteiger partial charge in [0.25, 0.3) is 5.91 Å². The number of ether oxygens (including phenoxy) is 1. The van der Waals surface area contributed by atoms with E-state index in [4.69, 9.17) is 16.3 Å². The van der Waals surface area contributed by atoms with Crippen molar-refractivity contribution in [1.29, 1.82) is 0 Å². The summed E-state index contributed by atoms with van der Waals surface area (Å²) >= 11 is 8.08. The van der Waals surface area contributed by atoms with Crippen LogP contribution in [0.5, 0.6) is 0 Å². The molecule has 1 heterocycles. The lowest BCUT2D eigenvalue weighted by molar-refractivity contribution is -0.143. The molecule has 2 amide bonds. The van der Waals surface area contributed by atoms with Gasteiger partial charge in [-0.1, -0.05) is 34.7 Å². The number of anilines is 1. The Morgan fingerprint density at radius 2 is 1.96 bits per heavy atom. The lowest BCUT2D eigenvalue weighted by Gasteiger charge is -2.03. The van der Waals surface area contributed by atoms with E-state index in [1.165, 1.54) is 0 Å². The molecular weight excluding hydrogens is 400 g/mol. The minimum absolute atomic E-state index is 0.0686. The first-order valence-electron chi connectivity index (χ1n) is 7.43. The fraction of sp³-hybridized carbons (Fsp3) is 0.267. The number of carbonyl (C=O) groups is 3. The number of hydrogen-bond acceptors (Lipinski definition) is 8. The first-order valence-corrected chi connectivity index (χ1v) is 9.61. The van der Waals surface area contributed by atoms with Gasteiger partial charge in [-0.2, -0.15) is 0 Å². The molecule has 2 rings (SSSR count). The van der Waals surface area contributed by atoms with Crippen LogP contribution >= 0.6 is 34.7 Å². The number of carbonyl (C=O) groups excluding carboxylic acids is 3. The molecule has 11 heteroatoms. The highest BCUT2D eigenvalue weighted by Gasteiger charge is 2.12. The molecule has 0 bridgehead atoms. The molecule has 0 saturated heterocycles. The van der Waals surface area contributed by atoms with Gasteiger partial charge in [0.2, 0.25) is 11.0 Å². The van der Waals surface area contributed by atoms with Gasteiger partial charge in [-0.25, -0.2) is 0 Å². The number of thioether (sulfide) groups is 1. The zero-order chi connectivity index (χ0) is 18.9. The van der Waals surface area contributed by atoms with Crippen LogP contribution in [-0.2, 0) is 14.3 Å². The fourth-order valence-corrected chi connectivity index (χ4v) is 3.35. The fourth-order valence-electron chi connectivity index (χ4n) is 1.65. The molecule has 0 aliphatic heterocycles. The second-order valence-electron chi connectivity index (χ2n) is 4.70. The summed E-state index contributed by atoms with van der Waals surface area (Å²) in [6.45, 7) is 1.78. The van der Waals surface area contributed by atoms with Crippen molar-refractivity contribution < 1.29 is 19.1 Å². The van der Waals surface area contributed by atoms with Crippen LogP contribution in [0.25, 0.3) is 0 Å². The summed E-state index contributed by atoms with van der Waals surface area (Å²) in [5, 5.41) is 13.7. The van der Waals surface area contributed by atoms with Crippen LogP contribution in [0.2, 0.25) is 5.02 Å². The SMILES string of the molecule is CCOC(=O)CNC(=O)CSc1nnc(NC(=O)c2ccc(Cl)cc2)s1. The van der Waals surface area contributed by atoms with Gasteiger partial charge in [0.1, 0.15) is 6.54 Å². The van der Waals surface area contributed by atoms with E-state index in [-0.39, 0.29) is 30.7 Å². The van der Waals surface area contributed by atoms with E-state index in [9.17, 15) is 14.4 Å². The van der Waals surface area contributed by atoms with Gasteiger partial charge in [0, 0.05) is 10.6 Å². The Morgan fingerprint density at radius 3 is 2.65 bits per heavy atom. The number of hydrogen-bond donors (Lipinski definition) is 2. The van der Waals surface area contributed by atoms with Crippen LogP contribution in [0.3, 0.4) is 0 Å². The summed E-state index contributed by atoms with van der Waals surface area (Å²) in [6.07, 6.45) is 0. The van der Waals surface area contributed by atoms with Crippen molar-refractivity contribution in [1.82, 2.24) is 15.5 Å². The molecule has 1 aromatic heterocycles. The van der Waals surface area contributed by atoms with E-state index in [1.54, 1.807) is 31.2 Å². The van der Waals surface area contributed by atoms with E-state index in [1.807, 2.05) is 0 Å². The average Bonchev–Trinajstić information content (AvgIpc) is 3.06. The van der Waals surface area contributed by atoms with E-state index in [2.05, 4.69) is 20.8 Å². The third-order valence-electron chi connectivity index (χ3n) is 2.80. The van der Waals surface area contributed by atoms with E-state index >= 15 is 0 Å². The summed E-state index contributed by atoms with van der Waals surface area (Å²) < 4.78 is 5.23. The monoisotopic (exact) mass is 414 g/mol. The molecule has 0 spiro atoms. The first-order chi connectivity index (χ1) is 12.5. The van der Waals surface area contributed by atoms with Gasteiger partial charge in [-0.15, -0.1) is 10.2 Å². The molecule has 0 aliphatic rings. The highest BCUT2D eigenvalue weighted by molar-refractivity contribution is 8.01. The van der Waals surface area contributed by atoms with Crippen molar-refractivity contribution >= 4 is 57.6 Å². The lowest BCUT2D eigenvalue weighted by atomic mass is 10.2. The Balaban J connectivity index is 1.78. The Kier molecular flexibility index (Phi) is 7.82. The summed E-state index contributed by atoms with van der Waals surface area (Å²) in [6, 6.07) is 6.43. The number of esters is 1. The average molecular weight is 415 g/mol. The molecule has 2 N–H and O–H groups in total. The van der Waals surface area contributed by atoms with Crippen LogP contribution in [-0.4, -0.2) is 46.9 Å². The number of aromatic nitrogens is 2. The molecule has 0 atom stereocenters. The molecule has 0 unspecified atom stereocenters. The van der Waals surface area contributed by atoms with Crippen LogP contribution in [0.1, 0.15) is 17.3 Å². The first kappa shape index (κ1) is 20.1. The molecule has 0 fully saturated rings. The Labute approximate surface area is 162 Å². The van der Waals surface area contributed by atoms with Crippen LogP contribution in [0, 0.1) is 0 Å².